The number of fused-ring (bicyclic) bond motifs is 10. The smallest absolute Gasteiger partial charge is 0.160 e. The van der Waals surface area contributed by atoms with Crippen molar-refractivity contribution < 1.29 is 0 Å². The normalized spacial score (nSPS) is 11.9. The molecule has 0 N–H and O–H groups in total. The number of hydrogen-bond donors (Lipinski definition) is 0. The molecule has 214 valence electrons. The van der Waals surface area contributed by atoms with E-state index in [0.717, 1.165) is 39.2 Å². The lowest BCUT2D eigenvalue weighted by Crippen LogP contribution is -1.97. The van der Waals surface area contributed by atoms with E-state index in [0.29, 0.717) is 0 Å². The molecule has 0 spiro atoms. The van der Waals surface area contributed by atoms with Crippen LogP contribution in [0.1, 0.15) is 0 Å². The zero-order valence-electron chi connectivity index (χ0n) is 24.7. The Balaban J connectivity index is 1.16. The van der Waals surface area contributed by atoms with E-state index < -0.39 is 0 Å². The lowest BCUT2D eigenvalue weighted by molar-refractivity contribution is 1.17. The molecule has 0 amide bonds. The molecule has 0 saturated heterocycles. The molecule has 7 aromatic carbocycles. The van der Waals surface area contributed by atoms with E-state index in [1.165, 1.54) is 52.8 Å². The van der Waals surface area contributed by atoms with Gasteiger partial charge in [-0.05, 0) is 53.9 Å². The van der Waals surface area contributed by atoms with Crippen molar-refractivity contribution in [2.75, 3.05) is 0 Å². The van der Waals surface area contributed by atoms with Crippen LogP contribution in [-0.2, 0) is 0 Å². The van der Waals surface area contributed by atoms with Crippen LogP contribution in [0.25, 0.3) is 92.0 Å². The van der Waals surface area contributed by atoms with Crippen molar-refractivity contribution in [3.8, 4) is 28.3 Å². The highest BCUT2D eigenvalue weighted by Gasteiger charge is 2.18. The summed E-state index contributed by atoms with van der Waals surface area (Å²) in [4.78, 5) is 10.1. The third-order valence-electron chi connectivity index (χ3n) is 9.21. The van der Waals surface area contributed by atoms with E-state index in [1.54, 1.807) is 0 Å². The van der Waals surface area contributed by atoms with Crippen molar-refractivity contribution in [1.29, 1.82) is 0 Å². The summed E-state index contributed by atoms with van der Waals surface area (Å²) < 4.78 is 5.07. The third kappa shape index (κ3) is 3.71. The van der Waals surface area contributed by atoms with Crippen molar-refractivity contribution in [3.63, 3.8) is 0 Å². The molecule has 3 aromatic heterocycles. The van der Waals surface area contributed by atoms with Crippen LogP contribution < -0.4 is 0 Å². The summed E-state index contributed by atoms with van der Waals surface area (Å²) in [5.41, 5.74) is 7.48. The highest BCUT2D eigenvalue weighted by molar-refractivity contribution is 7.26. The van der Waals surface area contributed by atoms with Gasteiger partial charge in [0, 0.05) is 58.5 Å². The first-order chi connectivity index (χ1) is 22.8. The summed E-state index contributed by atoms with van der Waals surface area (Å²) >= 11 is 1.89. The van der Waals surface area contributed by atoms with Crippen LogP contribution in [-0.4, -0.2) is 14.5 Å². The van der Waals surface area contributed by atoms with Crippen LogP contribution in [0.3, 0.4) is 0 Å². The molecule has 3 nitrogen and oxygen atoms in total. The Morgan fingerprint density at radius 1 is 0.435 bits per heavy atom. The summed E-state index contributed by atoms with van der Waals surface area (Å²) in [6.07, 6.45) is 0. The molecule has 0 radical (unpaired) electrons. The monoisotopic (exact) mass is 603 g/mol. The van der Waals surface area contributed by atoms with Gasteiger partial charge < -0.3 is 4.57 Å². The molecular formula is C42H25N3S. The van der Waals surface area contributed by atoms with Crippen molar-refractivity contribution >= 4 is 75.0 Å². The first-order valence-corrected chi connectivity index (χ1v) is 16.3. The third-order valence-corrected chi connectivity index (χ3v) is 10.4. The lowest BCUT2D eigenvalue weighted by atomic mass is 10.0. The van der Waals surface area contributed by atoms with Gasteiger partial charge >= 0.3 is 0 Å². The second-order valence-electron chi connectivity index (χ2n) is 11.8. The minimum Gasteiger partial charge on any atom is -0.309 e. The molecule has 4 heteroatoms. The summed E-state index contributed by atoms with van der Waals surface area (Å²) in [6.45, 7) is 0. The molecule has 0 fully saturated rings. The van der Waals surface area contributed by atoms with E-state index in [9.17, 15) is 0 Å². The van der Waals surface area contributed by atoms with Crippen molar-refractivity contribution in [2.24, 2.45) is 0 Å². The van der Waals surface area contributed by atoms with E-state index in [1.807, 2.05) is 29.5 Å². The summed E-state index contributed by atoms with van der Waals surface area (Å²) in [5, 5.41) is 8.88. The average Bonchev–Trinajstić information content (AvgIpc) is 3.68. The highest BCUT2D eigenvalue weighted by atomic mass is 32.1. The molecule has 10 rings (SSSR count). The fourth-order valence-corrected chi connectivity index (χ4v) is 8.35. The molecule has 0 unspecified atom stereocenters. The van der Waals surface area contributed by atoms with Crippen molar-refractivity contribution in [2.45, 2.75) is 0 Å². The first kappa shape index (κ1) is 25.5. The van der Waals surface area contributed by atoms with E-state index in [4.69, 9.17) is 9.97 Å². The fraction of sp³-hybridized carbons (Fsp3) is 0. The first-order valence-electron chi connectivity index (χ1n) is 15.5. The Morgan fingerprint density at radius 3 is 1.98 bits per heavy atom. The number of hydrogen-bond acceptors (Lipinski definition) is 3. The van der Waals surface area contributed by atoms with Crippen LogP contribution >= 0.6 is 11.3 Å². The Kier molecular flexibility index (Phi) is 5.45. The Labute approximate surface area is 268 Å². The molecule has 0 aliphatic carbocycles. The van der Waals surface area contributed by atoms with Gasteiger partial charge in [0.1, 0.15) is 0 Å². The van der Waals surface area contributed by atoms with Gasteiger partial charge in [-0.2, -0.15) is 0 Å². The maximum Gasteiger partial charge on any atom is 0.160 e. The largest absolute Gasteiger partial charge is 0.309 e. The Morgan fingerprint density at radius 2 is 1.11 bits per heavy atom. The molecule has 46 heavy (non-hydrogen) atoms. The minimum atomic E-state index is 0.727. The minimum absolute atomic E-state index is 0.727. The van der Waals surface area contributed by atoms with Gasteiger partial charge in [0.15, 0.2) is 5.82 Å². The maximum absolute atomic E-state index is 5.09. The molecule has 10 aromatic rings. The zero-order valence-corrected chi connectivity index (χ0v) is 25.5. The molecule has 0 saturated carbocycles. The van der Waals surface area contributed by atoms with Gasteiger partial charge in [-0.1, -0.05) is 103 Å². The number of nitrogens with zero attached hydrogens (tertiary/aromatic N) is 3. The number of thiophene rings is 1. The summed E-state index contributed by atoms with van der Waals surface area (Å²) in [5.74, 6) is 0.727. The van der Waals surface area contributed by atoms with Crippen LogP contribution in [0.4, 0.5) is 0 Å². The van der Waals surface area contributed by atoms with Crippen molar-refractivity contribution in [3.05, 3.63) is 152 Å². The second kappa shape index (κ2) is 9.83. The quantitative estimate of drug-likeness (QED) is 0.201. The maximum atomic E-state index is 5.09. The van der Waals surface area contributed by atoms with Gasteiger partial charge in [-0.3, -0.25) is 0 Å². The van der Waals surface area contributed by atoms with E-state index >= 15 is 0 Å². The standard InChI is InChI=1S/C42H25N3S/c1-2-10-26(11-3-1)40-33-13-4-7-15-35(33)43-42(44-40)27-18-20-28(21-19-27)45-36-16-8-5-14-34(36)39-30-22-23-31-29-12-6-9-17-38(29)46-41(31)32(30)24-25-37(39)45/h1-25H. The SMILES string of the molecule is c1ccc(-c2nc(-c3ccc(-n4c5ccccc5c5c6ccc7c8ccccc8sc7c6ccc54)cc3)nc3ccccc23)cc1. The Bertz CT molecular complexity index is 2790. The van der Waals surface area contributed by atoms with Crippen molar-refractivity contribution in [1.82, 2.24) is 14.5 Å². The molecule has 0 aliphatic heterocycles. The highest BCUT2D eigenvalue weighted by Crippen LogP contribution is 2.43. The predicted molar refractivity (Wildman–Crippen MR) is 195 cm³/mol. The van der Waals surface area contributed by atoms with Crippen LogP contribution in [0.15, 0.2) is 152 Å². The van der Waals surface area contributed by atoms with Crippen LogP contribution in [0, 0.1) is 0 Å². The van der Waals surface area contributed by atoms with Gasteiger partial charge in [0.05, 0.1) is 22.2 Å². The van der Waals surface area contributed by atoms with E-state index in [2.05, 4.69) is 138 Å². The van der Waals surface area contributed by atoms with Gasteiger partial charge in [-0.15, -0.1) is 11.3 Å². The zero-order chi connectivity index (χ0) is 30.2. The number of benzene rings is 7. The average molecular weight is 604 g/mol. The van der Waals surface area contributed by atoms with Gasteiger partial charge in [-0.25, -0.2) is 9.97 Å². The fourth-order valence-electron chi connectivity index (χ4n) is 7.12. The van der Waals surface area contributed by atoms with Gasteiger partial charge in [0.2, 0.25) is 0 Å². The van der Waals surface area contributed by atoms with Crippen LogP contribution in [0.5, 0.6) is 0 Å². The number of aromatic nitrogens is 3. The predicted octanol–water partition coefficient (Wildman–Crippen LogP) is 11.6. The second-order valence-corrected chi connectivity index (χ2v) is 12.8. The molecule has 0 aliphatic rings. The Hall–Kier alpha value is -5.84. The molecular weight excluding hydrogens is 579 g/mol. The van der Waals surface area contributed by atoms with Gasteiger partial charge in [0.25, 0.3) is 0 Å². The lowest BCUT2D eigenvalue weighted by Gasteiger charge is -2.11. The summed E-state index contributed by atoms with van der Waals surface area (Å²) in [7, 11) is 0. The topological polar surface area (TPSA) is 30.7 Å². The van der Waals surface area contributed by atoms with E-state index in [-0.39, 0.29) is 0 Å². The number of para-hydroxylation sites is 2. The summed E-state index contributed by atoms with van der Waals surface area (Å²) in [6, 6.07) is 54.0. The molecule has 0 bridgehead atoms. The number of rotatable bonds is 3. The molecule has 3 heterocycles. The van der Waals surface area contributed by atoms with Crippen LogP contribution in [0.2, 0.25) is 0 Å². The molecule has 0 atom stereocenters.